The summed E-state index contributed by atoms with van der Waals surface area (Å²) in [6.07, 6.45) is -2.53. The lowest BCUT2D eigenvalue weighted by Crippen LogP contribution is -2.43. The highest BCUT2D eigenvalue weighted by Crippen LogP contribution is 2.33. The molecule has 35 heavy (non-hydrogen) atoms. The van der Waals surface area contributed by atoms with E-state index in [-0.39, 0.29) is 33.3 Å². The van der Waals surface area contributed by atoms with Gasteiger partial charge >= 0.3 is 12.2 Å². The largest absolute Gasteiger partial charge is 0.416 e. The number of fused-ring (bicyclic) bond motifs is 1. The Labute approximate surface area is 203 Å². The zero-order valence-corrected chi connectivity index (χ0v) is 19.4. The minimum atomic E-state index is -4.66. The molecule has 1 atom stereocenters. The monoisotopic (exact) mass is 528 g/mol. The van der Waals surface area contributed by atoms with Crippen molar-refractivity contribution in [3.05, 3.63) is 75.3 Å². The van der Waals surface area contributed by atoms with Gasteiger partial charge in [0.15, 0.2) is 16.1 Å². The average molecular weight is 529 g/mol. The average Bonchev–Trinajstić information content (AvgIpc) is 2.77. The molecule has 0 saturated carbocycles. The number of allylic oxidation sites excluding steroid dienone is 1. The number of amides is 4. The Morgan fingerprint density at radius 2 is 1.97 bits per heavy atom. The highest BCUT2D eigenvalue weighted by molar-refractivity contribution is 8.18. The first-order valence-electron chi connectivity index (χ1n) is 9.62. The van der Waals surface area contributed by atoms with Gasteiger partial charge < -0.3 is 5.32 Å². The third-order valence-corrected chi connectivity index (χ3v) is 6.85. The Morgan fingerprint density at radius 3 is 2.54 bits per heavy atom. The number of pyridine rings is 1. The van der Waals surface area contributed by atoms with Gasteiger partial charge in [-0.05, 0) is 48.5 Å². The van der Waals surface area contributed by atoms with Crippen molar-refractivity contribution in [3.8, 4) is 0 Å². The van der Waals surface area contributed by atoms with Crippen LogP contribution in [0.5, 0.6) is 0 Å². The Hall–Kier alpha value is -3.52. The molecule has 2 N–H and O–H groups in total. The number of nitrogens with zero attached hydrogens (tertiary/aromatic N) is 2. The maximum absolute atomic E-state index is 13.0. The number of nitrogens with one attached hydrogen (secondary N) is 2. The molecule has 1 aliphatic heterocycles. The van der Waals surface area contributed by atoms with E-state index < -0.39 is 45.7 Å². The summed E-state index contributed by atoms with van der Waals surface area (Å²) in [6.45, 7) is 4.54. The van der Waals surface area contributed by atoms with E-state index in [1.807, 2.05) is 0 Å². The smallest absolute Gasteiger partial charge is 0.306 e. The summed E-state index contributed by atoms with van der Waals surface area (Å²) < 4.78 is 66.3. The fourth-order valence-corrected chi connectivity index (χ4v) is 4.58. The molecule has 1 aromatic heterocycles. The maximum Gasteiger partial charge on any atom is 0.416 e. The van der Waals surface area contributed by atoms with E-state index in [9.17, 15) is 36.2 Å². The molecule has 0 saturated heterocycles. The second kappa shape index (κ2) is 10.4. The number of benzene rings is 1. The van der Waals surface area contributed by atoms with Crippen LogP contribution in [-0.4, -0.2) is 27.0 Å². The van der Waals surface area contributed by atoms with E-state index in [2.05, 4.69) is 21.6 Å². The maximum atomic E-state index is 13.0. The van der Waals surface area contributed by atoms with Crippen LogP contribution in [-0.2, 0) is 28.4 Å². The predicted octanol–water partition coefficient (Wildman–Crippen LogP) is 4.65. The number of imide groups is 1. The molecule has 1 aromatic carbocycles. The van der Waals surface area contributed by atoms with Gasteiger partial charge in [0, 0.05) is 5.56 Å². The van der Waals surface area contributed by atoms with Crippen LogP contribution in [0.25, 0.3) is 0 Å². The lowest BCUT2D eigenvalue weighted by atomic mass is 9.96. The standard InChI is InChI=1S/C21H16F4N4O4S2/c1-3-18(34-11(2)22)35(33)28-20(32)27-14-6-7-16(26-10-14)29-17(30)8-12-4-5-13(21(23,24)25)9-15(12)19(29)31/h3-7,9-10H,2,8H2,1H3,(H2,27,28,32)/b18-3+. The number of hydrogen-bond acceptors (Lipinski definition) is 6. The summed E-state index contributed by atoms with van der Waals surface area (Å²) >= 11 is 0.485. The topological polar surface area (TPSA) is 108 Å². The number of urea groups is 1. The fourth-order valence-electron chi connectivity index (χ4n) is 3.01. The minimum absolute atomic E-state index is 0.0113. The molecule has 1 aliphatic rings. The van der Waals surface area contributed by atoms with Crippen LogP contribution in [0.1, 0.15) is 28.4 Å². The van der Waals surface area contributed by atoms with Crippen LogP contribution in [0.2, 0.25) is 0 Å². The van der Waals surface area contributed by atoms with E-state index in [0.717, 1.165) is 18.3 Å². The predicted molar refractivity (Wildman–Crippen MR) is 123 cm³/mol. The van der Waals surface area contributed by atoms with Crippen LogP contribution in [0.3, 0.4) is 0 Å². The molecule has 0 spiro atoms. The van der Waals surface area contributed by atoms with Crippen molar-refractivity contribution < 1.29 is 36.2 Å². The minimum Gasteiger partial charge on any atom is -0.306 e. The van der Waals surface area contributed by atoms with Crippen molar-refractivity contribution in [2.24, 2.45) is 0 Å². The van der Waals surface area contributed by atoms with Crippen molar-refractivity contribution in [3.63, 3.8) is 0 Å². The Kier molecular flexibility index (Phi) is 7.75. The quantitative estimate of drug-likeness (QED) is 0.418. The molecule has 2 heterocycles. The molecule has 0 aliphatic carbocycles. The number of halogens is 4. The molecular weight excluding hydrogens is 512 g/mol. The van der Waals surface area contributed by atoms with E-state index >= 15 is 0 Å². The van der Waals surface area contributed by atoms with Crippen molar-refractivity contribution in [1.29, 1.82) is 0 Å². The normalized spacial score (nSPS) is 14.9. The van der Waals surface area contributed by atoms with E-state index in [1.165, 1.54) is 25.1 Å². The summed E-state index contributed by atoms with van der Waals surface area (Å²) in [4.78, 5) is 41.9. The Bertz CT molecular complexity index is 1260. The van der Waals surface area contributed by atoms with Gasteiger partial charge in [-0.1, -0.05) is 18.7 Å². The van der Waals surface area contributed by atoms with Crippen molar-refractivity contribution in [2.75, 3.05) is 10.2 Å². The van der Waals surface area contributed by atoms with Crippen LogP contribution >= 0.6 is 11.8 Å². The fraction of sp³-hybridized carbons (Fsp3) is 0.143. The first-order chi connectivity index (χ1) is 16.4. The summed E-state index contributed by atoms with van der Waals surface area (Å²) in [5, 5.41) is 1.51. The van der Waals surface area contributed by atoms with E-state index in [1.54, 1.807) is 0 Å². The molecule has 0 fully saturated rings. The molecular formula is C21H16F4N4O4S2. The molecule has 2 aromatic rings. The number of alkyl halides is 3. The molecule has 1 unspecified atom stereocenters. The number of thioether (sulfide) groups is 1. The molecule has 0 radical (unpaired) electrons. The third-order valence-electron chi connectivity index (χ3n) is 4.51. The number of rotatable bonds is 6. The summed E-state index contributed by atoms with van der Waals surface area (Å²) in [5.74, 6) is -1.81. The van der Waals surface area contributed by atoms with Crippen molar-refractivity contribution >= 4 is 52.1 Å². The third kappa shape index (κ3) is 6.14. The van der Waals surface area contributed by atoms with Gasteiger partial charge in [0.25, 0.3) is 5.91 Å². The number of anilines is 2. The SMILES string of the molecule is C=C(F)S/C(=C\C)S(=O)NC(=O)Nc1ccc(N2C(=O)Cc3ccc(C(F)(F)F)cc3C2=O)nc1. The van der Waals surface area contributed by atoms with Gasteiger partial charge in [-0.25, -0.2) is 18.9 Å². The zero-order valence-electron chi connectivity index (χ0n) is 17.8. The lowest BCUT2D eigenvalue weighted by molar-refractivity contribution is -0.137. The van der Waals surface area contributed by atoms with E-state index in [0.29, 0.717) is 22.7 Å². The Balaban J connectivity index is 1.73. The van der Waals surface area contributed by atoms with E-state index in [4.69, 9.17) is 0 Å². The van der Waals surface area contributed by atoms with Crippen LogP contribution in [0.4, 0.5) is 33.9 Å². The molecule has 4 amide bonds. The molecule has 184 valence electrons. The van der Waals surface area contributed by atoms with Gasteiger partial charge in [-0.3, -0.25) is 14.3 Å². The zero-order chi connectivity index (χ0) is 25.9. The summed E-state index contributed by atoms with van der Waals surface area (Å²) in [5.41, 5.74) is -1.03. The highest BCUT2D eigenvalue weighted by atomic mass is 32.2. The molecule has 3 rings (SSSR count). The number of hydrogen-bond donors (Lipinski definition) is 2. The summed E-state index contributed by atoms with van der Waals surface area (Å²) in [6, 6.07) is 4.16. The van der Waals surface area contributed by atoms with Crippen LogP contribution in [0, 0.1) is 0 Å². The Morgan fingerprint density at radius 1 is 1.26 bits per heavy atom. The van der Waals surface area contributed by atoms with Crippen molar-refractivity contribution in [2.45, 2.75) is 19.5 Å². The first kappa shape index (κ1) is 26.1. The molecule has 0 bridgehead atoms. The van der Waals surface area contributed by atoms with Gasteiger partial charge in [0.1, 0.15) is 5.82 Å². The summed E-state index contributed by atoms with van der Waals surface area (Å²) in [7, 11) is -2.07. The van der Waals surface area contributed by atoms with Crippen LogP contribution < -0.4 is 14.9 Å². The molecule has 14 heteroatoms. The van der Waals surface area contributed by atoms with Gasteiger partial charge in [0.2, 0.25) is 5.91 Å². The van der Waals surface area contributed by atoms with Crippen molar-refractivity contribution in [1.82, 2.24) is 9.71 Å². The highest BCUT2D eigenvalue weighted by Gasteiger charge is 2.37. The number of aromatic nitrogens is 1. The van der Waals surface area contributed by atoms with Gasteiger partial charge in [-0.15, -0.1) is 0 Å². The van der Waals surface area contributed by atoms with Crippen LogP contribution in [0.15, 0.2) is 58.6 Å². The van der Waals surface area contributed by atoms with Gasteiger partial charge in [-0.2, -0.15) is 17.6 Å². The van der Waals surface area contributed by atoms with Gasteiger partial charge in [0.05, 0.1) is 28.1 Å². The number of carbonyl (C=O) groups excluding carboxylic acids is 3. The lowest BCUT2D eigenvalue weighted by Gasteiger charge is -2.26. The second-order valence-electron chi connectivity index (χ2n) is 6.88. The first-order valence-corrected chi connectivity index (χ1v) is 11.6. The second-order valence-corrected chi connectivity index (χ2v) is 9.40. The number of carbonyl (C=O) groups is 3. The molecule has 8 nitrogen and oxygen atoms in total.